The van der Waals surface area contributed by atoms with Crippen LogP contribution in [0.3, 0.4) is 0 Å². The molecule has 8 nitrogen and oxygen atoms in total. The van der Waals surface area contributed by atoms with Gasteiger partial charge in [-0.15, -0.1) is 0 Å². The fraction of sp³-hybridized carbons (Fsp3) is 0.304. The van der Waals surface area contributed by atoms with Gasteiger partial charge in [0.05, 0.1) is 17.6 Å². The molecule has 32 heavy (non-hydrogen) atoms. The lowest BCUT2D eigenvalue weighted by Crippen LogP contribution is -2.36. The number of methoxy groups -OCH3 is 1. The number of carbonyl (C=O) groups is 1. The van der Waals surface area contributed by atoms with Crippen molar-refractivity contribution in [2.75, 3.05) is 20.2 Å². The Morgan fingerprint density at radius 3 is 2.56 bits per heavy atom. The number of nitrogens with zero attached hydrogens (tertiary/aromatic N) is 1. The highest BCUT2D eigenvalue weighted by molar-refractivity contribution is 7.89. The zero-order valence-electron chi connectivity index (χ0n) is 17.6. The van der Waals surface area contributed by atoms with Gasteiger partial charge in [0.15, 0.2) is 0 Å². The third-order valence-electron chi connectivity index (χ3n) is 5.44. The van der Waals surface area contributed by atoms with Crippen molar-refractivity contribution in [3.63, 3.8) is 0 Å². The average Bonchev–Trinajstić information content (AvgIpc) is 2.82. The Hall–Kier alpha value is -3.17. The molecule has 2 heterocycles. The van der Waals surface area contributed by atoms with Crippen molar-refractivity contribution < 1.29 is 27.1 Å². The van der Waals surface area contributed by atoms with E-state index in [9.17, 15) is 18.0 Å². The lowest BCUT2D eigenvalue weighted by molar-refractivity contribution is 0.0469. The Bertz CT molecular complexity index is 1310. The predicted octanol–water partition coefficient (Wildman–Crippen LogP) is 3.33. The maximum atomic E-state index is 13.1. The summed E-state index contributed by atoms with van der Waals surface area (Å²) in [6.07, 6.45) is 2.57. The van der Waals surface area contributed by atoms with E-state index >= 15 is 0 Å². The SMILES string of the molecule is COc1ccc2c(COC(=O)c3ccccc3S(=O)(=O)N3CCCCC3)cc(=O)oc2c1. The number of fused-ring (bicyclic) bond motifs is 1. The van der Waals surface area contributed by atoms with Gasteiger partial charge in [0.1, 0.15) is 17.9 Å². The summed E-state index contributed by atoms with van der Waals surface area (Å²) in [5.41, 5.74) is 0.122. The zero-order chi connectivity index (χ0) is 22.7. The van der Waals surface area contributed by atoms with Crippen LogP contribution in [0.2, 0.25) is 0 Å². The summed E-state index contributed by atoms with van der Waals surface area (Å²) in [7, 11) is -2.32. The lowest BCUT2D eigenvalue weighted by atomic mass is 10.1. The molecule has 9 heteroatoms. The number of sulfonamides is 1. The number of carbonyl (C=O) groups excluding carboxylic acids is 1. The first-order valence-corrected chi connectivity index (χ1v) is 11.7. The molecule has 0 amide bonds. The largest absolute Gasteiger partial charge is 0.497 e. The minimum absolute atomic E-state index is 0.0352. The average molecular weight is 458 g/mol. The Morgan fingerprint density at radius 1 is 1.06 bits per heavy atom. The van der Waals surface area contributed by atoms with Crippen molar-refractivity contribution in [1.82, 2.24) is 4.31 Å². The molecule has 0 aliphatic carbocycles. The number of rotatable bonds is 6. The molecule has 1 fully saturated rings. The van der Waals surface area contributed by atoms with E-state index in [1.54, 1.807) is 30.3 Å². The predicted molar refractivity (Wildman–Crippen MR) is 117 cm³/mol. The molecule has 0 saturated carbocycles. The van der Waals surface area contributed by atoms with Crippen molar-refractivity contribution in [2.24, 2.45) is 0 Å². The molecule has 1 saturated heterocycles. The fourth-order valence-corrected chi connectivity index (χ4v) is 5.48. The summed E-state index contributed by atoms with van der Waals surface area (Å²) in [5, 5.41) is 0.590. The summed E-state index contributed by atoms with van der Waals surface area (Å²) < 4.78 is 43.4. The van der Waals surface area contributed by atoms with Crippen LogP contribution in [0.25, 0.3) is 11.0 Å². The Kier molecular flexibility index (Phi) is 6.29. The second-order valence-corrected chi connectivity index (χ2v) is 9.40. The van der Waals surface area contributed by atoms with Crippen LogP contribution in [0.1, 0.15) is 35.2 Å². The van der Waals surface area contributed by atoms with E-state index in [1.165, 1.54) is 29.6 Å². The quantitative estimate of drug-likeness (QED) is 0.413. The summed E-state index contributed by atoms with van der Waals surface area (Å²) in [5.74, 6) is -0.261. The van der Waals surface area contributed by atoms with Gasteiger partial charge in [-0.2, -0.15) is 4.31 Å². The Morgan fingerprint density at radius 2 is 1.81 bits per heavy atom. The standard InChI is InChI=1S/C23H23NO7S/c1-29-17-9-10-18-16(13-22(25)31-20(18)14-17)15-30-23(26)19-7-3-4-8-21(19)32(27,28)24-11-5-2-6-12-24/h3-4,7-10,13-14H,2,5-6,11-12,15H2,1H3. The van der Waals surface area contributed by atoms with Crippen molar-refractivity contribution in [3.8, 4) is 5.75 Å². The Labute approximate surface area is 185 Å². The van der Waals surface area contributed by atoms with Gasteiger partial charge < -0.3 is 13.9 Å². The van der Waals surface area contributed by atoms with E-state index in [1.807, 2.05) is 0 Å². The molecule has 0 bridgehead atoms. The molecule has 0 spiro atoms. The second-order valence-electron chi connectivity index (χ2n) is 7.49. The first kappa shape index (κ1) is 22.0. The molecule has 4 rings (SSSR count). The summed E-state index contributed by atoms with van der Waals surface area (Å²) >= 11 is 0. The molecule has 168 valence electrons. The second kappa shape index (κ2) is 9.13. The van der Waals surface area contributed by atoms with Crippen LogP contribution < -0.4 is 10.4 Å². The van der Waals surface area contributed by atoms with Crippen LogP contribution in [-0.2, 0) is 21.4 Å². The van der Waals surface area contributed by atoms with E-state index in [4.69, 9.17) is 13.9 Å². The fourth-order valence-electron chi connectivity index (χ4n) is 3.78. The highest BCUT2D eigenvalue weighted by atomic mass is 32.2. The normalized spacial score (nSPS) is 14.9. The summed E-state index contributed by atoms with van der Waals surface area (Å²) in [6.45, 7) is 0.646. The van der Waals surface area contributed by atoms with Crippen LogP contribution in [0, 0.1) is 0 Å². The van der Waals surface area contributed by atoms with E-state index in [0.717, 1.165) is 19.3 Å². The molecule has 1 aliphatic heterocycles. The van der Waals surface area contributed by atoms with E-state index in [-0.39, 0.29) is 17.1 Å². The van der Waals surface area contributed by atoms with Crippen LogP contribution >= 0.6 is 0 Å². The lowest BCUT2D eigenvalue weighted by Gasteiger charge is -2.26. The number of esters is 1. The van der Waals surface area contributed by atoms with Crippen molar-refractivity contribution in [1.29, 1.82) is 0 Å². The summed E-state index contributed by atoms with van der Waals surface area (Å²) in [4.78, 5) is 24.7. The number of hydrogen-bond acceptors (Lipinski definition) is 7. The molecule has 0 N–H and O–H groups in total. The van der Waals surface area contributed by atoms with Gasteiger partial charge in [-0.3, -0.25) is 0 Å². The van der Waals surface area contributed by atoms with Crippen LogP contribution in [0.5, 0.6) is 5.75 Å². The van der Waals surface area contributed by atoms with Gasteiger partial charge in [-0.05, 0) is 37.1 Å². The number of hydrogen-bond donors (Lipinski definition) is 0. The highest BCUT2D eigenvalue weighted by Gasteiger charge is 2.30. The van der Waals surface area contributed by atoms with Crippen LogP contribution in [0.4, 0.5) is 0 Å². The number of ether oxygens (including phenoxy) is 2. The van der Waals surface area contributed by atoms with Crippen molar-refractivity contribution in [2.45, 2.75) is 30.8 Å². The van der Waals surface area contributed by atoms with E-state index < -0.39 is 21.6 Å². The monoisotopic (exact) mass is 457 g/mol. The molecule has 2 aromatic carbocycles. The first-order chi connectivity index (χ1) is 15.4. The van der Waals surface area contributed by atoms with Crippen molar-refractivity contribution in [3.05, 3.63) is 70.1 Å². The van der Waals surface area contributed by atoms with Gasteiger partial charge in [-0.25, -0.2) is 18.0 Å². The summed E-state index contributed by atoms with van der Waals surface area (Å²) in [6, 6.07) is 12.2. The van der Waals surface area contributed by atoms with Gasteiger partial charge in [0.25, 0.3) is 0 Å². The zero-order valence-corrected chi connectivity index (χ0v) is 18.4. The third-order valence-corrected chi connectivity index (χ3v) is 7.39. The van der Waals surface area contributed by atoms with Gasteiger partial charge in [0, 0.05) is 36.2 Å². The smallest absolute Gasteiger partial charge is 0.339 e. The molecule has 1 aromatic heterocycles. The van der Waals surface area contributed by atoms with E-state index in [2.05, 4.69) is 0 Å². The molecule has 0 atom stereocenters. The molecule has 3 aromatic rings. The minimum Gasteiger partial charge on any atom is -0.497 e. The van der Waals surface area contributed by atoms with Gasteiger partial charge >= 0.3 is 11.6 Å². The van der Waals surface area contributed by atoms with Crippen LogP contribution in [-0.4, -0.2) is 38.9 Å². The molecule has 0 radical (unpaired) electrons. The topological polar surface area (TPSA) is 103 Å². The number of piperidine rings is 1. The third kappa shape index (κ3) is 4.39. The molecular weight excluding hydrogens is 434 g/mol. The highest BCUT2D eigenvalue weighted by Crippen LogP contribution is 2.26. The minimum atomic E-state index is -3.82. The molecular formula is C23H23NO7S. The van der Waals surface area contributed by atoms with E-state index in [0.29, 0.717) is 35.4 Å². The van der Waals surface area contributed by atoms with Crippen molar-refractivity contribution >= 4 is 27.0 Å². The Balaban J connectivity index is 1.60. The number of benzene rings is 2. The maximum absolute atomic E-state index is 13.1. The van der Waals surface area contributed by atoms with Gasteiger partial charge in [0.2, 0.25) is 10.0 Å². The molecule has 0 unspecified atom stereocenters. The van der Waals surface area contributed by atoms with Crippen LogP contribution in [0.15, 0.2) is 62.6 Å². The first-order valence-electron chi connectivity index (χ1n) is 10.3. The molecule has 1 aliphatic rings. The van der Waals surface area contributed by atoms with Gasteiger partial charge in [-0.1, -0.05) is 18.6 Å². The maximum Gasteiger partial charge on any atom is 0.339 e.